The first kappa shape index (κ1) is 17.9. The largest absolute Gasteiger partial charge is 0.497 e. The zero-order chi connectivity index (χ0) is 19.5. The topological polar surface area (TPSA) is 56.4 Å². The highest BCUT2D eigenvalue weighted by Gasteiger charge is 2.17. The lowest BCUT2D eigenvalue weighted by Gasteiger charge is -2.11. The number of aryl methyl sites for hydroxylation is 1. The van der Waals surface area contributed by atoms with Crippen molar-refractivity contribution in [3.8, 4) is 5.75 Å². The number of carbonyl (C=O) groups is 1. The molecule has 0 aliphatic rings. The summed E-state index contributed by atoms with van der Waals surface area (Å²) in [5.74, 6) is 0.633. The minimum Gasteiger partial charge on any atom is -0.497 e. The van der Waals surface area contributed by atoms with Gasteiger partial charge in [0.2, 0.25) is 0 Å². The number of hydrogen-bond donors (Lipinski definition) is 1. The Hall–Kier alpha value is -3.47. The molecular weight excluding hydrogens is 352 g/mol. The van der Waals surface area contributed by atoms with E-state index >= 15 is 0 Å². The molecule has 0 radical (unpaired) electrons. The van der Waals surface area contributed by atoms with Gasteiger partial charge in [0.05, 0.1) is 18.9 Å². The van der Waals surface area contributed by atoms with Crippen molar-refractivity contribution < 1.29 is 13.9 Å². The number of ether oxygens (including phenoxy) is 1. The van der Waals surface area contributed by atoms with Crippen LogP contribution in [0.2, 0.25) is 0 Å². The Labute approximate surface area is 163 Å². The Morgan fingerprint density at radius 1 is 1.07 bits per heavy atom. The fourth-order valence-corrected chi connectivity index (χ4v) is 3.27. The number of carbonyl (C=O) groups excluding carboxylic acids is 1. The molecule has 28 heavy (non-hydrogen) atoms. The van der Waals surface area contributed by atoms with Crippen LogP contribution < -0.4 is 10.1 Å². The van der Waals surface area contributed by atoms with E-state index in [1.165, 1.54) is 5.56 Å². The van der Waals surface area contributed by atoms with E-state index in [-0.39, 0.29) is 5.91 Å². The van der Waals surface area contributed by atoms with Crippen LogP contribution in [0.1, 0.15) is 27.2 Å². The van der Waals surface area contributed by atoms with Gasteiger partial charge in [-0.1, -0.05) is 42.0 Å². The number of hydrogen-bond acceptors (Lipinski definition) is 3. The van der Waals surface area contributed by atoms with Gasteiger partial charge in [-0.05, 0) is 30.2 Å². The van der Waals surface area contributed by atoms with Crippen molar-refractivity contribution in [2.24, 2.45) is 0 Å². The second-order valence-corrected chi connectivity index (χ2v) is 6.81. The van der Waals surface area contributed by atoms with Gasteiger partial charge in [-0.3, -0.25) is 4.79 Å². The van der Waals surface area contributed by atoms with Crippen LogP contribution in [0.25, 0.3) is 11.1 Å². The van der Waals surface area contributed by atoms with Crippen LogP contribution in [0.5, 0.6) is 5.75 Å². The van der Waals surface area contributed by atoms with Gasteiger partial charge in [0.15, 0.2) is 5.58 Å². The second kappa shape index (κ2) is 7.64. The van der Waals surface area contributed by atoms with Gasteiger partial charge < -0.3 is 19.0 Å². The molecule has 0 saturated heterocycles. The molecular formula is C23H22N2O3. The zero-order valence-electron chi connectivity index (χ0n) is 15.9. The van der Waals surface area contributed by atoms with Crippen molar-refractivity contribution >= 4 is 17.0 Å². The van der Waals surface area contributed by atoms with Crippen molar-refractivity contribution in [1.82, 2.24) is 9.88 Å². The molecule has 0 atom stereocenters. The summed E-state index contributed by atoms with van der Waals surface area (Å²) >= 11 is 0. The van der Waals surface area contributed by atoms with Gasteiger partial charge in [-0.2, -0.15) is 0 Å². The lowest BCUT2D eigenvalue weighted by atomic mass is 10.1. The SMILES string of the molecule is COc1cccc(CNC(=O)c2cc3occc3n2Cc2ccc(C)cc2)c1. The van der Waals surface area contributed by atoms with E-state index in [1.54, 1.807) is 19.4 Å². The van der Waals surface area contributed by atoms with Crippen LogP contribution in [0.3, 0.4) is 0 Å². The molecule has 142 valence electrons. The van der Waals surface area contributed by atoms with Crippen molar-refractivity contribution in [2.75, 3.05) is 7.11 Å². The van der Waals surface area contributed by atoms with Crippen molar-refractivity contribution in [1.29, 1.82) is 0 Å². The summed E-state index contributed by atoms with van der Waals surface area (Å²) < 4.78 is 12.8. The highest BCUT2D eigenvalue weighted by molar-refractivity contribution is 5.97. The minimum atomic E-state index is -0.138. The van der Waals surface area contributed by atoms with E-state index in [1.807, 2.05) is 34.9 Å². The summed E-state index contributed by atoms with van der Waals surface area (Å²) in [7, 11) is 1.63. The highest BCUT2D eigenvalue weighted by Crippen LogP contribution is 2.23. The van der Waals surface area contributed by atoms with Crippen LogP contribution in [0, 0.1) is 6.92 Å². The molecule has 2 heterocycles. The first-order valence-electron chi connectivity index (χ1n) is 9.17. The van der Waals surface area contributed by atoms with Gasteiger partial charge in [-0.15, -0.1) is 0 Å². The number of furan rings is 1. The fraction of sp³-hybridized carbons (Fsp3) is 0.174. The van der Waals surface area contributed by atoms with E-state index in [9.17, 15) is 4.79 Å². The van der Waals surface area contributed by atoms with Crippen LogP contribution in [-0.4, -0.2) is 17.6 Å². The van der Waals surface area contributed by atoms with Crippen LogP contribution in [0.4, 0.5) is 0 Å². The van der Waals surface area contributed by atoms with Crippen molar-refractivity contribution in [3.63, 3.8) is 0 Å². The second-order valence-electron chi connectivity index (χ2n) is 6.81. The minimum absolute atomic E-state index is 0.138. The highest BCUT2D eigenvalue weighted by atomic mass is 16.5. The van der Waals surface area contributed by atoms with Crippen LogP contribution >= 0.6 is 0 Å². The molecule has 1 amide bonds. The average Bonchev–Trinajstić information content (AvgIpc) is 3.30. The molecule has 4 rings (SSSR count). The molecule has 0 saturated carbocycles. The van der Waals surface area contributed by atoms with E-state index < -0.39 is 0 Å². The van der Waals surface area contributed by atoms with Crippen LogP contribution in [-0.2, 0) is 13.1 Å². The molecule has 5 heteroatoms. The maximum Gasteiger partial charge on any atom is 0.268 e. The van der Waals surface area contributed by atoms with E-state index in [0.29, 0.717) is 24.4 Å². The standard InChI is InChI=1S/C23H22N2O3/c1-16-6-8-17(9-7-16)15-25-20-10-11-28-22(20)13-21(25)23(26)24-14-18-4-3-5-19(12-18)27-2/h3-13H,14-15H2,1-2H3,(H,24,26). The van der Waals surface area contributed by atoms with Gasteiger partial charge in [0.1, 0.15) is 11.4 Å². The Kier molecular flexibility index (Phi) is 4.89. The number of aromatic nitrogens is 1. The fourth-order valence-electron chi connectivity index (χ4n) is 3.27. The Morgan fingerprint density at radius 3 is 2.68 bits per heavy atom. The number of methoxy groups -OCH3 is 1. The number of nitrogens with zero attached hydrogens (tertiary/aromatic N) is 1. The number of amides is 1. The van der Waals surface area contributed by atoms with Crippen molar-refractivity contribution in [2.45, 2.75) is 20.0 Å². The molecule has 0 aliphatic carbocycles. The van der Waals surface area contributed by atoms with Gasteiger partial charge in [0.25, 0.3) is 5.91 Å². The van der Waals surface area contributed by atoms with E-state index in [0.717, 1.165) is 22.4 Å². The van der Waals surface area contributed by atoms with E-state index in [2.05, 4.69) is 36.5 Å². The predicted octanol–water partition coefficient (Wildman–Crippen LogP) is 4.53. The lowest BCUT2D eigenvalue weighted by Crippen LogP contribution is -2.25. The smallest absolute Gasteiger partial charge is 0.268 e. The molecule has 1 N–H and O–H groups in total. The maximum absolute atomic E-state index is 12.9. The normalized spacial score (nSPS) is 10.9. The average molecular weight is 374 g/mol. The number of nitrogens with one attached hydrogen (secondary N) is 1. The van der Waals surface area contributed by atoms with Gasteiger partial charge in [0, 0.05) is 25.2 Å². The van der Waals surface area contributed by atoms with Crippen LogP contribution in [0.15, 0.2) is 71.3 Å². The maximum atomic E-state index is 12.9. The summed E-state index contributed by atoms with van der Waals surface area (Å²) in [6.45, 7) is 3.09. The number of fused-ring (bicyclic) bond motifs is 1. The molecule has 0 fully saturated rings. The molecule has 5 nitrogen and oxygen atoms in total. The third-order valence-electron chi connectivity index (χ3n) is 4.80. The summed E-state index contributed by atoms with van der Waals surface area (Å²) in [6, 6.07) is 19.7. The van der Waals surface area contributed by atoms with Gasteiger partial charge >= 0.3 is 0 Å². The molecule has 0 bridgehead atoms. The number of rotatable bonds is 6. The molecule has 0 spiro atoms. The van der Waals surface area contributed by atoms with E-state index in [4.69, 9.17) is 9.15 Å². The molecule has 2 aromatic heterocycles. The molecule has 2 aromatic carbocycles. The zero-order valence-corrected chi connectivity index (χ0v) is 15.9. The molecule has 4 aromatic rings. The monoisotopic (exact) mass is 374 g/mol. The van der Waals surface area contributed by atoms with Crippen molar-refractivity contribution in [3.05, 3.63) is 89.3 Å². The summed E-state index contributed by atoms with van der Waals surface area (Å²) in [6.07, 6.45) is 1.65. The third kappa shape index (κ3) is 3.64. The summed E-state index contributed by atoms with van der Waals surface area (Å²) in [4.78, 5) is 12.9. The Morgan fingerprint density at radius 2 is 1.89 bits per heavy atom. The lowest BCUT2D eigenvalue weighted by molar-refractivity contribution is 0.0942. The Balaban J connectivity index is 1.57. The summed E-state index contributed by atoms with van der Waals surface area (Å²) in [5, 5.41) is 3.00. The molecule has 0 unspecified atom stereocenters. The molecule has 0 aliphatic heterocycles. The summed E-state index contributed by atoms with van der Waals surface area (Å²) in [5.41, 5.74) is 5.52. The third-order valence-corrected chi connectivity index (χ3v) is 4.80. The number of benzene rings is 2. The quantitative estimate of drug-likeness (QED) is 0.539. The first-order chi connectivity index (χ1) is 13.6. The first-order valence-corrected chi connectivity index (χ1v) is 9.17. The predicted molar refractivity (Wildman–Crippen MR) is 109 cm³/mol. The Bertz CT molecular complexity index is 1110. The van der Waals surface area contributed by atoms with Gasteiger partial charge in [-0.25, -0.2) is 0 Å².